The van der Waals surface area contributed by atoms with Crippen LogP contribution in [-0.2, 0) is 9.53 Å². The Balaban J connectivity index is 0.00000169. The topological polar surface area (TPSA) is 38.3 Å². The van der Waals surface area contributed by atoms with E-state index in [1.807, 2.05) is 0 Å². The maximum atomic E-state index is 10.7. The molecule has 5 heteroatoms. The van der Waals surface area contributed by atoms with Crippen molar-refractivity contribution in [3.8, 4) is 0 Å². The molecule has 0 aromatic rings. The molecule has 0 atom stereocenters. The largest absolute Gasteiger partial charge is 0.465 e. The van der Waals surface area contributed by atoms with Gasteiger partial charge in [-0.15, -0.1) is 24.0 Å². The van der Waals surface area contributed by atoms with E-state index in [2.05, 4.69) is 5.32 Å². The predicted octanol–water partition coefficient (Wildman–Crippen LogP) is 1.58. The molecule has 1 fully saturated rings. The van der Waals surface area contributed by atoms with Gasteiger partial charge in [-0.25, -0.2) is 0 Å². The van der Waals surface area contributed by atoms with Gasteiger partial charge in [0.25, 0.3) is 0 Å². The molecule has 0 aromatic carbocycles. The van der Waals surface area contributed by atoms with Crippen molar-refractivity contribution in [1.82, 2.24) is 5.32 Å². The minimum absolute atomic E-state index is 0. The van der Waals surface area contributed by atoms with Crippen LogP contribution in [0.15, 0.2) is 0 Å². The van der Waals surface area contributed by atoms with Crippen molar-refractivity contribution in [1.29, 1.82) is 0 Å². The van der Waals surface area contributed by atoms with Crippen molar-refractivity contribution in [3.63, 3.8) is 0 Å². The summed E-state index contributed by atoms with van der Waals surface area (Å²) < 4.78 is 4.90. The van der Waals surface area contributed by atoms with Crippen LogP contribution in [-0.4, -0.2) is 31.5 Å². The number of hydrogen-bond donors (Lipinski definition) is 1. The summed E-state index contributed by atoms with van der Waals surface area (Å²) in [5, 5.41) is 3.30. The fourth-order valence-electron chi connectivity index (χ4n) is 1.55. The van der Waals surface area contributed by atoms with Crippen LogP contribution in [0.5, 0.6) is 0 Å². The molecule has 0 bridgehead atoms. The first-order valence-electron chi connectivity index (χ1n) is 4.75. The second-order valence-corrected chi connectivity index (χ2v) is 3.60. The first kappa shape index (κ1) is 14.0. The normalized spacial score (nSPS) is 17.2. The summed E-state index contributed by atoms with van der Waals surface area (Å²) in [6, 6.07) is 0. The van der Waals surface area contributed by atoms with E-state index in [-0.39, 0.29) is 24.3 Å². The number of piperidine rings is 1. The van der Waals surface area contributed by atoms with E-state index >= 15 is 0 Å². The molecule has 14 heavy (non-hydrogen) atoms. The molecule has 0 amide bonds. The third-order valence-electron chi connectivity index (χ3n) is 2.36. The first-order chi connectivity index (χ1) is 6.33. The van der Waals surface area contributed by atoms with Gasteiger partial charge >= 0.3 is 5.97 Å². The number of carbonyl (C=O) groups is 1. The summed E-state index contributed by atoms with van der Waals surface area (Å²) in [5.41, 5.74) is 0. The molecule has 3 nitrogen and oxygen atoms in total. The smallest absolute Gasteiger partial charge is 0.320 e. The van der Waals surface area contributed by atoms with E-state index in [0.29, 0.717) is 12.5 Å². The van der Waals surface area contributed by atoms with Crippen LogP contribution in [0.4, 0.5) is 0 Å². The Kier molecular flexibility index (Phi) is 8.34. The lowest BCUT2D eigenvalue weighted by Gasteiger charge is -2.21. The van der Waals surface area contributed by atoms with Crippen LogP contribution in [0.25, 0.3) is 0 Å². The van der Waals surface area contributed by atoms with E-state index in [1.54, 1.807) is 0 Å². The number of esters is 1. The molecule has 84 valence electrons. The Morgan fingerprint density at radius 2 is 2.07 bits per heavy atom. The molecule has 0 unspecified atom stereocenters. The molecule has 0 radical (unpaired) electrons. The number of carbonyl (C=O) groups excluding carboxylic acids is 1. The van der Waals surface area contributed by atoms with Gasteiger partial charge in [0.1, 0.15) is 5.88 Å². The van der Waals surface area contributed by atoms with Crippen LogP contribution in [0, 0.1) is 5.92 Å². The highest BCUT2D eigenvalue weighted by atomic mass is 35.5. The van der Waals surface area contributed by atoms with Crippen molar-refractivity contribution < 1.29 is 9.53 Å². The second-order valence-electron chi connectivity index (χ2n) is 3.34. The summed E-state index contributed by atoms with van der Waals surface area (Å²) in [4.78, 5) is 10.7. The summed E-state index contributed by atoms with van der Waals surface area (Å²) in [6.07, 6.45) is 3.36. The summed E-state index contributed by atoms with van der Waals surface area (Å²) in [5.74, 6) is 0.367. The third-order valence-corrected chi connectivity index (χ3v) is 2.58. The first-order valence-corrected chi connectivity index (χ1v) is 5.28. The van der Waals surface area contributed by atoms with Crippen molar-refractivity contribution in [3.05, 3.63) is 0 Å². The van der Waals surface area contributed by atoms with Crippen LogP contribution in [0.3, 0.4) is 0 Å². The predicted molar refractivity (Wildman–Crippen MR) is 59.1 cm³/mol. The summed E-state index contributed by atoms with van der Waals surface area (Å²) in [7, 11) is 0. The second kappa shape index (κ2) is 8.33. The molecule has 0 spiro atoms. The third kappa shape index (κ3) is 5.68. The number of ether oxygens (including phenoxy) is 1. The Labute approximate surface area is 95.9 Å². The lowest BCUT2D eigenvalue weighted by Crippen LogP contribution is -2.28. The van der Waals surface area contributed by atoms with E-state index in [4.69, 9.17) is 16.3 Å². The fraction of sp³-hybridized carbons (Fsp3) is 0.889. The van der Waals surface area contributed by atoms with E-state index < -0.39 is 0 Å². The Hall–Kier alpha value is 0.01000. The highest BCUT2D eigenvalue weighted by Crippen LogP contribution is 2.15. The quantitative estimate of drug-likeness (QED) is 0.600. The monoisotopic (exact) mass is 241 g/mol. The Bertz CT molecular complexity index is 161. The molecule has 1 N–H and O–H groups in total. The van der Waals surface area contributed by atoms with Crippen molar-refractivity contribution in [2.75, 3.05) is 25.6 Å². The van der Waals surface area contributed by atoms with Gasteiger partial charge in [-0.1, -0.05) is 0 Å². The minimum Gasteiger partial charge on any atom is -0.465 e. The van der Waals surface area contributed by atoms with E-state index in [9.17, 15) is 4.79 Å². The molecular formula is C9H17Cl2NO2. The maximum absolute atomic E-state index is 10.7. The van der Waals surface area contributed by atoms with Gasteiger partial charge in [0, 0.05) is 0 Å². The molecule has 0 aliphatic carbocycles. The van der Waals surface area contributed by atoms with Crippen molar-refractivity contribution >= 4 is 30.0 Å². The van der Waals surface area contributed by atoms with Crippen molar-refractivity contribution in [2.24, 2.45) is 5.92 Å². The van der Waals surface area contributed by atoms with Gasteiger partial charge in [-0.05, 0) is 38.3 Å². The molecule has 0 saturated carbocycles. The Morgan fingerprint density at radius 1 is 1.43 bits per heavy atom. The van der Waals surface area contributed by atoms with E-state index in [0.717, 1.165) is 19.5 Å². The van der Waals surface area contributed by atoms with Crippen LogP contribution in [0.2, 0.25) is 0 Å². The number of hydrogen-bond acceptors (Lipinski definition) is 3. The average Bonchev–Trinajstić information content (AvgIpc) is 2.19. The van der Waals surface area contributed by atoms with Gasteiger partial charge < -0.3 is 10.1 Å². The zero-order valence-electron chi connectivity index (χ0n) is 8.13. The number of alkyl halides is 1. The SMILES string of the molecule is Cl.O=C(CCl)OCCC1CCNCC1. The maximum Gasteiger partial charge on any atom is 0.320 e. The summed E-state index contributed by atoms with van der Waals surface area (Å²) in [6.45, 7) is 2.71. The molecule has 1 rings (SSSR count). The van der Waals surface area contributed by atoms with Gasteiger partial charge in [-0.3, -0.25) is 4.79 Å². The van der Waals surface area contributed by atoms with Crippen molar-refractivity contribution in [2.45, 2.75) is 19.3 Å². The van der Waals surface area contributed by atoms with Crippen LogP contribution >= 0.6 is 24.0 Å². The molecule has 1 aliphatic rings. The lowest BCUT2D eigenvalue weighted by molar-refractivity contribution is -0.140. The molecule has 1 aliphatic heterocycles. The molecule has 1 saturated heterocycles. The van der Waals surface area contributed by atoms with Crippen LogP contribution in [0.1, 0.15) is 19.3 Å². The molecule has 1 heterocycles. The van der Waals surface area contributed by atoms with Gasteiger partial charge in [0.2, 0.25) is 0 Å². The zero-order chi connectivity index (χ0) is 9.52. The number of nitrogens with one attached hydrogen (secondary N) is 1. The Morgan fingerprint density at radius 3 is 2.64 bits per heavy atom. The fourth-order valence-corrected chi connectivity index (χ4v) is 1.63. The van der Waals surface area contributed by atoms with Gasteiger partial charge in [0.15, 0.2) is 0 Å². The van der Waals surface area contributed by atoms with Gasteiger partial charge in [0.05, 0.1) is 6.61 Å². The van der Waals surface area contributed by atoms with E-state index in [1.165, 1.54) is 12.8 Å². The molecular weight excluding hydrogens is 225 g/mol. The average molecular weight is 242 g/mol. The minimum atomic E-state index is -0.310. The molecule has 0 aromatic heterocycles. The highest BCUT2D eigenvalue weighted by Gasteiger charge is 2.13. The standard InChI is InChI=1S/C9H16ClNO2.ClH/c10-7-9(12)13-6-3-8-1-4-11-5-2-8;/h8,11H,1-7H2;1H. The lowest BCUT2D eigenvalue weighted by atomic mass is 9.95. The number of rotatable bonds is 4. The van der Waals surface area contributed by atoms with Gasteiger partial charge in [-0.2, -0.15) is 0 Å². The zero-order valence-corrected chi connectivity index (χ0v) is 9.70. The summed E-state index contributed by atoms with van der Waals surface area (Å²) >= 11 is 5.29. The highest BCUT2D eigenvalue weighted by molar-refractivity contribution is 6.26. The number of halogens is 2. The van der Waals surface area contributed by atoms with Crippen LogP contribution < -0.4 is 5.32 Å².